The van der Waals surface area contributed by atoms with Crippen molar-refractivity contribution in [2.24, 2.45) is 0 Å². The first-order chi connectivity index (χ1) is 13.6. The molecule has 1 aliphatic rings. The summed E-state index contributed by atoms with van der Waals surface area (Å²) in [6, 6.07) is 11.1. The number of rotatable bonds is 7. The van der Waals surface area contributed by atoms with E-state index in [-0.39, 0.29) is 12.1 Å². The fraction of sp³-hybridized carbons (Fsp3) is 0.476. The molecule has 1 fully saturated rings. The molecule has 0 radical (unpaired) electrons. The van der Waals surface area contributed by atoms with Crippen LogP contribution in [0.2, 0.25) is 0 Å². The Morgan fingerprint density at radius 1 is 1.14 bits per heavy atom. The number of hydrogen-bond donors (Lipinski definition) is 1. The molecule has 2 aromatic rings. The zero-order valence-corrected chi connectivity index (χ0v) is 16.6. The summed E-state index contributed by atoms with van der Waals surface area (Å²) < 4.78 is 11.5. The highest BCUT2D eigenvalue weighted by Gasteiger charge is 2.24. The number of nitrogens with one attached hydrogen (secondary N) is 1. The average molecular weight is 384 g/mol. The molecular formula is C21H28N4O3. The van der Waals surface area contributed by atoms with Gasteiger partial charge >= 0.3 is 6.03 Å². The lowest BCUT2D eigenvalue weighted by Gasteiger charge is -2.31. The van der Waals surface area contributed by atoms with Crippen LogP contribution >= 0.6 is 0 Å². The number of ether oxygens (including phenoxy) is 2. The molecule has 28 heavy (non-hydrogen) atoms. The quantitative estimate of drug-likeness (QED) is 0.729. The summed E-state index contributed by atoms with van der Waals surface area (Å²) in [7, 11) is 0. The van der Waals surface area contributed by atoms with Crippen molar-refractivity contribution >= 4 is 11.7 Å². The number of carbonyl (C=O) groups is 1. The van der Waals surface area contributed by atoms with Crippen molar-refractivity contribution in [1.82, 2.24) is 15.1 Å². The molecule has 7 heteroatoms. The molecule has 1 aromatic carbocycles. The van der Waals surface area contributed by atoms with Crippen LogP contribution in [0.15, 0.2) is 36.4 Å². The van der Waals surface area contributed by atoms with Crippen LogP contribution in [-0.2, 0) is 0 Å². The minimum Gasteiger partial charge on any atom is -0.494 e. The molecule has 0 spiro atoms. The lowest BCUT2D eigenvalue weighted by molar-refractivity contribution is 0.110. The highest BCUT2D eigenvalue weighted by atomic mass is 16.5. The molecule has 7 nitrogen and oxygen atoms in total. The number of aryl methyl sites for hydroxylation is 1. The first kappa shape index (κ1) is 19.9. The molecule has 1 aliphatic heterocycles. The Labute approximate surface area is 166 Å². The predicted octanol–water partition coefficient (Wildman–Crippen LogP) is 4.04. The van der Waals surface area contributed by atoms with Crippen molar-refractivity contribution in [3.05, 3.63) is 42.1 Å². The molecule has 3 rings (SSSR count). The largest absolute Gasteiger partial charge is 0.494 e. The van der Waals surface area contributed by atoms with E-state index < -0.39 is 0 Å². The molecule has 0 saturated carbocycles. The second-order valence-electron chi connectivity index (χ2n) is 6.97. The maximum absolute atomic E-state index is 12.5. The Balaban J connectivity index is 1.42. The second-order valence-corrected chi connectivity index (χ2v) is 6.97. The Hall–Kier alpha value is -2.83. The fourth-order valence-corrected chi connectivity index (χ4v) is 2.97. The van der Waals surface area contributed by atoms with Gasteiger partial charge in [0.2, 0.25) is 5.88 Å². The molecular weight excluding hydrogens is 356 g/mol. The summed E-state index contributed by atoms with van der Waals surface area (Å²) in [5, 5.41) is 11.0. The van der Waals surface area contributed by atoms with E-state index in [1.54, 1.807) is 0 Å². The van der Waals surface area contributed by atoms with E-state index in [9.17, 15) is 4.79 Å². The van der Waals surface area contributed by atoms with Gasteiger partial charge in [-0.05, 0) is 43.7 Å². The molecule has 0 atom stereocenters. The first-order valence-electron chi connectivity index (χ1n) is 9.90. The van der Waals surface area contributed by atoms with Crippen LogP contribution in [0.3, 0.4) is 0 Å². The van der Waals surface area contributed by atoms with Gasteiger partial charge in [-0.3, -0.25) is 0 Å². The molecule has 2 amide bonds. The first-order valence-corrected chi connectivity index (χ1v) is 9.90. The summed E-state index contributed by atoms with van der Waals surface area (Å²) in [5.74, 6) is 1.36. The van der Waals surface area contributed by atoms with E-state index in [0.29, 0.717) is 25.6 Å². The van der Waals surface area contributed by atoms with E-state index in [4.69, 9.17) is 9.47 Å². The number of piperidine rings is 1. The Bertz CT molecular complexity index is 741. The van der Waals surface area contributed by atoms with Gasteiger partial charge in [-0.25, -0.2) is 4.79 Å². The van der Waals surface area contributed by atoms with Gasteiger partial charge in [0.15, 0.2) is 0 Å². The third-order valence-corrected chi connectivity index (χ3v) is 4.66. The lowest BCUT2D eigenvalue weighted by atomic mass is 10.1. The van der Waals surface area contributed by atoms with Crippen LogP contribution in [0.5, 0.6) is 11.6 Å². The van der Waals surface area contributed by atoms with Crippen molar-refractivity contribution in [2.75, 3.05) is 25.0 Å². The SMILES string of the molecule is CCCCOc1ccc(NC(=O)N2CCC(Oc3ccc(C)nn3)CC2)cc1. The van der Waals surface area contributed by atoms with E-state index in [0.717, 1.165) is 42.8 Å². The van der Waals surface area contributed by atoms with Crippen molar-refractivity contribution in [3.63, 3.8) is 0 Å². The van der Waals surface area contributed by atoms with Gasteiger partial charge in [0, 0.05) is 37.7 Å². The van der Waals surface area contributed by atoms with Gasteiger partial charge in [-0.2, -0.15) is 5.10 Å². The number of likely N-dealkylation sites (tertiary alicyclic amines) is 1. The lowest BCUT2D eigenvalue weighted by Crippen LogP contribution is -2.43. The molecule has 0 bridgehead atoms. The fourth-order valence-electron chi connectivity index (χ4n) is 2.97. The van der Waals surface area contributed by atoms with Gasteiger partial charge in [-0.15, -0.1) is 5.10 Å². The minimum absolute atomic E-state index is 0.0561. The van der Waals surface area contributed by atoms with Gasteiger partial charge in [-0.1, -0.05) is 13.3 Å². The Morgan fingerprint density at radius 2 is 1.89 bits per heavy atom. The molecule has 0 aliphatic carbocycles. The van der Waals surface area contributed by atoms with E-state index in [1.165, 1.54) is 0 Å². The second kappa shape index (κ2) is 9.92. The third kappa shape index (κ3) is 5.84. The van der Waals surface area contributed by atoms with Gasteiger partial charge < -0.3 is 19.7 Å². The average Bonchev–Trinajstić information content (AvgIpc) is 2.72. The number of benzene rings is 1. The minimum atomic E-state index is -0.0896. The molecule has 0 unspecified atom stereocenters. The molecule has 1 aromatic heterocycles. The van der Waals surface area contributed by atoms with Crippen molar-refractivity contribution < 1.29 is 14.3 Å². The number of amides is 2. The van der Waals surface area contributed by atoms with Crippen LogP contribution in [-0.4, -0.2) is 46.9 Å². The highest BCUT2D eigenvalue weighted by molar-refractivity contribution is 5.89. The smallest absolute Gasteiger partial charge is 0.321 e. The number of urea groups is 1. The maximum Gasteiger partial charge on any atom is 0.321 e. The van der Waals surface area contributed by atoms with Crippen LogP contribution in [0.25, 0.3) is 0 Å². The predicted molar refractivity (Wildman–Crippen MR) is 108 cm³/mol. The van der Waals surface area contributed by atoms with Gasteiger partial charge in [0.25, 0.3) is 0 Å². The number of nitrogens with zero attached hydrogens (tertiary/aromatic N) is 3. The number of hydrogen-bond acceptors (Lipinski definition) is 5. The summed E-state index contributed by atoms with van der Waals surface area (Å²) in [6.07, 6.45) is 3.74. The van der Waals surface area contributed by atoms with Crippen molar-refractivity contribution in [3.8, 4) is 11.6 Å². The summed E-state index contributed by atoms with van der Waals surface area (Å²) in [5.41, 5.74) is 1.63. The third-order valence-electron chi connectivity index (χ3n) is 4.66. The number of aromatic nitrogens is 2. The topological polar surface area (TPSA) is 76.6 Å². The van der Waals surface area contributed by atoms with Crippen molar-refractivity contribution in [2.45, 2.75) is 45.6 Å². The molecule has 2 heterocycles. The monoisotopic (exact) mass is 384 g/mol. The van der Waals surface area contributed by atoms with E-state index >= 15 is 0 Å². The zero-order chi connectivity index (χ0) is 19.8. The maximum atomic E-state index is 12.5. The summed E-state index contributed by atoms with van der Waals surface area (Å²) >= 11 is 0. The van der Waals surface area contributed by atoms with E-state index in [1.807, 2.05) is 48.2 Å². The number of unbranched alkanes of at least 4 members (excludes halogenated alkanes) is 1. The molecule has 1 saturated heterocycles. The van der Waals surface area contributed by atoms with Crippen LogP contribution in [0.4, 0.5) is 10.5 Å². The molecule has 150 valence electrons. The number of anilines is 1. The Morgan fingerprint density at radius 3 is 2.54 bits per heavy atom. The molecule has 1 N–H and O–H groups in total. The zero-order valence-electron chi connectivity index (χ0n) is 16.6. The summed E-state index contributed by atoms with van der Waals surface area (Å²) in [4.78, 5) is 14.3. The normalized spacial score (nSPS) is 14.6. The van der Waals surface area contributed by atoms with Gasteiger partial charge in [0.05, 0.1) is 12.3 Å². The Kier molecular flexibility index (Phi) is 7.06. The van der Waals surface area contributed by atoms with Crippen LogP contribution < -0.4 is 14.8 Å². The summed E-state index contributed by atoms with van der Waals surface area (Å²) in [6.45, 7) is 6.03. The number of carbonyl (C=O) groups excluding carboxylic acids is 1. The van der Waals surface area contributed by atoms with Crippen molar-refractivity contribution in [1.29, 1.82) is 0 Å². The van der Waals surface area contributed by atoms with Crippen LogP contribution in [0.1, 0.15) is 38.3 Å². The van der Waals surface area contributed by atoms with Crippen LogP contribution in [0, 0.1) is 6.92 Å². The standard InChI is InChI=1S/C21H28N4O3/c1-3-4-15-27-18-8-6-17(7-9-18)22-21(26)25-13-11-19(12-14-25)28-20-10-5-16(2)23-24-20/h5-10,19H,3-4,11-15H2,1-2H3,(H,22,26). The highest BCUT2D eigenvalue weighted by Crippen LogP contribution is 2.19. The van der Waals surface area contributed by atoms with Gasteiger partial charge in [0.1, 0.15) is 11.9 Å². The van der Waals surface area contributed by atoms with E-state index in [2.05, 4.69) is 22.4 Å².